The third-order valence-electron chi connectivity index (χ3n) is 4.52. The van der Waals surface area contributed by atoms with Crippen LogP contribution in [0.2, 0.25) is 0 Å². The molecule has 1 aromatic heterocycles. The average Bonchev–Trinajstić information content (AvgIpc) is 3.09. The number of benzene rings is 2. The molecule has 0 saturated heterocycles. The van der Waals surface area contributed by atoms with E-state index in [0.29, 0.717) is 13.1 Å². The summed E-state index contributed by atoms with van der Waals surface area (Å²) >= 11 is 0. The fourth-order valence-corrected chi connectivity index (χ4v) is 3.30. The molecule has 0 spiro atoms. The van der Waals surface area contributed by atoms with Gasteiger partial charge in [-0.1, -0.05) is 30.3 Å². The van der Waals surface area contributed by atoms with Gasteiger partial charge in [-0.05, 0) is 36.1 Å². The molecular weight excluding hydrogens is 300 g/mol. The smallest absolute Gasteiger partial charge is 0.240 e. The van der Waals surface area contributed by atoms with Crippen LogP contribution < -0.4 is 10.2 Å². The minimum atomic E-state index is 0.129. The molecule has 2 aromatic carbocycles. The first-order chi connectivity index (χ1) is 11.8. The van der Waals surface area contributed by atoms with Crippen molar-refractivity contribution in [3.63, 3.8) is 0 Å². The van der Waals surface area contributed by atoms with Gasteiger partial charge in [0.25, 0.3) is 0 Å². The van der Waals surface area contributed by atoms with Gasteiger partial charge in [0.05, 0.1) is 18.3 Å². The van der Waals surface area contributed by atoms with E-state index in [9.17, 15) is 4.79 Å². The highest BCUT2D eigenvalue weighted by atomic mass is 16.2. The number of rotatable bonds is 4. The third kappa shape index (κ3) is 2.90. The molecule has 0 radical (unpaired) electrons. The van der Waals surface area contributed by atoms with Gasteiger partial charge >= 0.3 is 0 Å². The quantitative estimate of drug-likeness (QED) is 0.777. The minimum Gasteiger partial charge on any atom is -0.311 e. The molecule has 5 heteroatoms. The van der Waals surface area contributed by atoms with Gasteiger partial charge in [-0.25, -0.2) is 0 Å². The topological polar surface area (TPSA) is 61.0 Å². The fourth-order valence-electron chi connectivity index (χ4n) is 3.30. The number of aromatic amines is 1. The van der Waals surface area contributed by atoms with Crippen molar-refractivity contribution in [2.75, 3.05) is 18.0 Å². The molecule has 2 heterocycles. The Balaban J connectivity index is 1.38. The summed E-state index contributed by atoms with van der Waals surface area (Å²) < 4.78 is 0. The molecule has 0 atom stereocenters. The molecule has 0 saturated carbocycles. The number of nitrogens with zero attached hydrogens (tertiary/aromatic N) is 2. The maximum Gasteiger partial charge on any atom is 0.240 e. The first kappa shape index (κ1) is 14.9. The lowest BCUT2D eigenvalue weighted by Gasteiger charge is -2.29. The SMILES string of the molecule is O=C(CNCc1ccc2cn[nH]c2c1)N1CCCc2ccccc21. The van der Waals surface area contributed by atoms with Crippen LogP contribution in [0.3, 0.4) is 0 Å². The number of carbonyl (C=O) groups is 1. The van der Waals surface area contributed by atoms with Gasteiger partial charge in [-0.2, -0.15) is 5.10 Å². The molecule has 0 fully saturated rings. The lowest BCUT2D eigenvalue weighted by Crippen LogP contribution is -2.41. The van der Waals surface area contributed by atoms with Gasteiger partial charge in [0.2, 0.25) is 5.91 Å². The number of anilines is 1. The Morgan fingerprint density at radius 2 is 2.17 bits per heavy atom. The Kier molecular flexibility index (Phi) is 4.01. The Bertz CT molecular complexity index is 870. The van der Waals surface area contributed by atoms with Gasteiger partial charge in [0, 0.05) is 24.2 Å². The summed E-state index contributed by atoms with van der Waals surface area (Å²) in [6, 6.07) is 14.4. The molecule has 122 valence electrons. The normalized spacial score (nSPS) is 13.9. The van der Waals surface area contributed by atoms with E-state index in [0.717, 1.165) is 41.5 Å². The molecule has 1 aliphatic rings. The largest absolute Gasteiger partial charge is 0.311 e. The van der Waals surface area contributed by atoms with E-state index >= 15 is 0 Å². The van der Waals surface area contributed by atoms with Crippen LogP contribution in [-0.2, 0) is 17.8 Å². The van der Waals surface area contributed by atoms with Crippen LogP contribution in [0.5, 0.6) is 0 Å². The molecule has 0 bridgehead atoms. The Labute approximate surface area is 140 Å². The second kappa shape index (κ2) is 6.45. The molecular formula is C19H20N4O. The first-order valence-corrected chi connectivity index (χ1v) is 8.32. The Hall–Kier alpha value is -2.66. The first-order valence-electron chi connectivity index (χ1n) is 8.32. The van der Waals surface area contributed by atoms with Crippen LogP contribution in [0.15, 0.2) is 48.7 Å². The van der Waals surface area contributed by atoms with Crippen LogP contribution in [-0.4, -0.2) is 29.2 Å². The van der Waals surface area contributed by atoms with E-state index in [1.165, 1.54) is 5.56 Å². The fraction of sp³-hybridized carbons (Fsp3) is 0.263. The highest BCUT2D eigenvalue weighted by molar-refractivity contribution is 5.95. The number of H-pyrrole nitrogens is 1. The van der Waals surface area contributed by atoms with Gasteiger partial charge in [0.15, 0.2) is 0 Å². The lowest BCUT2D eigenvalue weighted by atomic mass is 10.0. The molecule has 1 aliphatic heterocycles. The monoisotopic (exact) mass is 320 g/mol. The van der Waals surface area contributed by atoms with Crippen LogP contribution >= 0.6 is 0 Å². The van der Waals surface area contributed by atoms with E-state index in [1.54, 1.807) is 0 Å². The zero-order chi connectivity index (χ0) is 16.4. The van der Waals surface area contributed by atoms with Crippen molar-refractivity contribution >= 4 is 22.5 Å². The highest BCUT2D eigenvalue weighted by Crippen LogP contribution is 2.26. The maximum absolute atomic E-state index is 12.6. The number of amides is 1. The number of hydrogen-bond donors (Lipinski definition) is 2. The van der Waals surface area contributed by atoms with Crippen LogP contribution in [0.25, 0.3) is 10.9 Å². The van der Waals surface area contributed by atoms with E-state index in [4.69, 9.17) is 0 Å². The van der Waals surface area contributed by atoms with Crippen molar-refractivity contribution in [2.45, 2.75) is 19.4 Å². The highest BCUT2D eigenvalue weighted by Gasteiger charge is 2.21. The van der Waals surface area contributed by atoms with Crippen molar-refractivity contribution in [2.24, 2.45) is 0 Å². The molecule has 24 heavy (non-hydrogen) atoms. The zero-order valence-corrected chi connectivity index (χ0v) is 13.5. The predicted molar refractivity (Wildman–Crippen MR) is 94.9 cm³/mol. The molecule has 0 unspecified atom stereocenters. The van der Waals surface area contributed by atoms with Crippen molar-refractivity contribution in [3.8, 4) is 0 Å². The molecule has 3 aromatic rings. The van der Waals surface area contributed by atoms with Crippen molar-refractivity contribution in [1.29, 1.82) is 0 Å². The molecule has 1 amide bonds. The van der Waals surface area contributed by atoms with Crippen molar-refractivity contribution in [3.05, 3.63) is 59.8 Å². The zero-order valence-electron chi connectivity index (χ0n) is 13.5. The molecule has 0 aliphatic carbocycles. The number of aromatic nitrogens is 2. The number of hydrogen-bond acceptors (Lipinski definition) is 3. The Morgan fingerprint density at radius 3 is 3.12 bits per heavy atom. The average molecular weight is 320 g/mol. The lowest BCUT2D eigenvalue weighted by molar-refractivity contribution is -0.117. The van der Waals surface area contributed by atoms with Crippen LogP contribution in [0.1, 0.15) is 17.5 Å². The second-order valence-electron chi connectivity index (χ2n) is 6.17. The van der Waals surface area contributed by atoms with E-state index in [1.807, 2.05) is 35.4 Å². The number of para-hydroxylation sites is 1. The second-order valence-corrected chi connectivity index (χ2v) is 6.17. The van der Waals surface area contributed by atoms with E-state index in [2.05, 4.69) is 33.7 Å². The standard InChI is InChI=1S/C19H20N4O/c24-19(23-9-3-5-15-4-1-2-6-18(15)23)13-20-11-14-7-8-16-12-21-22-17(16)10-14/h1-2,4,6-8,10,12,20H,3,5,9,11,13H2,(H,21,22). The molecule has 5 nitrogen and oxygen atoms in total. The summed E-state index contributed by atoms with van der Waals surface area (Å²) in [5.74, 6) is 0.129. The number of carbonyl (C=O) groups excluding carboxylic acids is 1. The summed E-state index contributed by atoms with van der Waals surface area (Å²) in [6.45, 7) is 1.81. The third-order valence-corrected chi connectivity index (χ3v) is 4.52. The summed E-state index contributed by atoms with van der Waals surface area (Å²) in [5.41, 5.74) is 4.49. The van der Waals surface area contributed by atoms with Crippen molar-refractivity contribution < 1.29 is 4.79 Å². The number of aryl methyl sites for hydroxylation is 1. The van der Waals surface area contributed by atoms with Crippen LogP contribution in [0, 0.1) is 0 Å². The summed E-state index contributed by atoms with van der Waals surface area (Å²) in [6.07, 6.45) is 3.89. The summed E-state index contributed by atoms with van der Waals surface area (Å²) in [5, 5.41) is 11.4. The number of fused-ring (bicyclic) bond motifs is 2. The predicted octanol–water partition coefficient (Wildman–Crippen LogP) is 2.63. The Morgan fingerprint density at radius 1 is 1.25 bits per heavy atom. The van der Waals surface area contributed by atoms with Gasteiger partial charge < -0.3 is 10.2 Å². The minimum absolute atomic E-state index is 0.129. The molecule has 2 N–H and O–H groups in total. The van der Waals surface area contributed by atoms with Gasteiger partial charge in [-0.15, -0.1) is 0 Å². The van der Waals surface area contributed by atoms with E-state index < -0.39 is 0 Å². The van der Waals surface area contributed by atoms with E-state index in [-0.39, 0.29) is 5.91 Å². The van der Waals surface area contributed by atoms with Crippen molar-refractivity contribution in [1.82, 2.24) is 15.5 Å². The maximum atomic E-state index is 12.6. The van der Waals surface area contributed by atoms with Gasteiger partial charge in [-0.3, -0.25) is 9.89 Å². The number of nitrogens with one attached hydrogen (secondary N) is 2. The van der Waals surface area contributed by atoms with Crippen LogP contribution in [0.4, 0.5) is 5.69 Å². The summed E-state index contributed by atoms with van der Waals surface area (Å²) in [7, 11) is 0. The van der Waals surface area contributed by atoms with Gasteiger partial charge in [0.1, 0.15) is 0 Å². The molecule has 4 rings (SSSR count). The summed E-state index contributed by atoms with van der Waals surface area (Å²) in [4.78, 5) is 14.5.